The monoisotopic (exact) mass is 424 g/mol. The lowest BCUT2D eigenvalue weighted by Gasteiger charge is -2.34. The van der Waals surface area contributed by atoms with E-state index in [-0.39, 0.29) is 41.7 Å². The molecule has 160 valence electrons. The number of ether oxygens (including phenoxy) is 2. The van der Waals surface area contributed by atoms with Crippen LogP contribution < -0.4 is 0 Å². The second kappa shape index (κ2) is 8.81. The van der Waals surface area contributed by atoms with Gasteiger partial charge in [0.25, 0.3) is 5.91 Å². The van der Waals surface area contributed by atoms with Crippen molar-refractivity contribution in [1.82, 2.24) is 9.21 Å². The Labute approximate surface area is 171 Å². The summed E-state index contributed by atoms with van der Waals surface area (Å²) in [6, 6.07) is 5.74. The van der Waals surface area contributed by atoms with Crippen molar-refractivity contribution in [3.63, 3.8) is 0 Å². The minimum Gasteiger partial charge on any atom is -0.449 e. The molecule has 0 N–H and O–H groups in total. The van der Waals surface area contributed by atoms with E-state index in [1.165, 1.54) is 35.5 Å². The van der Waals surface area contributed by atoms with Crippen molar-refractivity contribution < 1.29 is 27.5 Å². The molecular weight excluding hydrogens is 396 g/mol. The van der Waals surface area contributed by atoms with Crippen LogP contribution in [0.2, 0.25) is 0 Å². The van der Waals surface area contributed by atoms with Crippen LogP contribution in [-0.2, 0) is 24.3 Å². The fourth-order valence-electron chi connectivity index (χ4n) is 3.73. The fourth-order valence-corrected chi connectivity index (χ4v) is 5.37. The van der Waals surface area contributed by atoms with Gasteiger partial charge in [-0.15, -0.1) is 0 Å². The zero-order valence-electron chi connectivity index (χ0n) is 17.0. The Balaban J connectivity index is 1.72. The Hall–Kier alpha value is -1.97. The SMILES string of the molecule is C[C@@H]1CN(S(=O)(=O)c2cccc(C(=O)O[C@@H](C)C(=O)N3CCCC3)c2)C[C@@H](C)O1. The molecule has 2 saturated heterocycles. The first-order valence-electron chi connectivity index (χ1n) is 9.94. The first-order chi connectivity index (χ1) is 13.7. The molecule has 2 heterocycles. The predicted octanol–water partition coefficient (Wildman–Crippen LogP) is 1.65. The van der Waals surface area contributed by atoms with E-state index in [4.69, 9.17) is 9.47 Å². The van der Waals surface area contributed by atoms with E-state index >= 15 is 0 Å². The van der Waals surface area contributed by atoms with Crippen molar-refractivity contribution in [3.05, 3.63) is 29.8 Å². The van der Waals surface area contributed by atoms with Crippen molar-refractivity contribution in [1.29, 1.82) is 0 Å². The van der Waals surface area contributed by atoms with Crippen LogP contribution in [0, 0.1) is 0 Å². The summed E-state index contributed by atoms with van der Waals surface area (Å²) in [4.78, 5) is 26.6. The molecule has 2 fully saturated rings. The lowest BCUT2D eigenvalue weighted by molar-refractivity contribution is -0.138. The van der Waals surface area contributed by atoms with Gasteiger partial charge in [0.1, 0.15) is 0 Å². The molecule has 0 saturated carbocycles. The van der Waals surface area contributed by atoms with Crippen LogP contribution in [0.3, 0.4) is 0 Å². The van der Waals surface area contributed by atoms with Gasteiger partial charge in [-0.2, -0.15) is 4.31 Å². The number of hydrogen-bond acceptors (Lipinski definition) is 6. The summed E-state index contributed by atoms with van der Waals surface area (Å²) in [6.45, 7) is 7.03. The normalized spacial score (nSPS) is 24.3. The van der Waals surface area contributed by atoms with Crippen LogP contribution in [0.15, 0.2) is 29.2 Å². The highest BCUT2D eigenvalue weighted by molar-refractivity contribution is 7.89. The lowest BCUT2D eigenvalue weighted by Crippen LogP contribution is -2.48. The molecule has 0 radical (unpaired) electrons. The summed E-state index contributed by atoms with van der Waals surface area (Å²) >= 11 is 0. The Morgan fingerprint density at radius 1 is 1.14 bits per heavy atom. The largest absolute Gasteiger partial charge is 0.449 e. The smallest absolute Gasteiger partial charge is 0.338 e. The molecule has 0 aliphatic carbocycles. The number of carbonyl (C=O) groups is 2. The molecule has 8 nitrogen and oxygen atoms in total. The Morgan fingerprint density at radius 3 is 2.38 bits per heavy atom. The third-order valence-electron chi connectivity index (χ3n) is 5.14. The second-order valence-corrected chi connectivity index (χ2v) is 9.63. The summed E-state index contributed by atoms with van der Waals surface area (Å²) in [5, 5.41) is 0. The van der Waals surface area contributed by atoms with Crippen molar-refractivity contribution >= 4 is 21.9 Å². The molecule has 0 unspecified atom stereocenters. The quantitative estimate of drug-likeness (QED) is 0.668. The van der Waals surface area contributed by atoms with Gasteiger partial charge in [0.2, 0.25) is 10.0 Å². The first-order valence-corrected chi connectivity index (χ1v) is 11.4. The van der Waals surface area contributed by atoms with E-state index in [0.29, 0.717) is 13.1 Å². The van der Waals surface area contributed by atoms with Crippen LogP contribution in [-0.4, -0.2) is 74.0 Å². The van der Waals surface area contributed by atoms with E-state index in [1.807, 2.05) is 13.8 Å². The Bertz CT molecular complexity index is 855. The zero-order valence-corrected chi connectivity index (χ0v) is 17.9. The molecule has 0 aromatic heterocycles. The molecule has 3 atom stereocenters. The number of carbonyl (C=O) groups excluding carboxylic acids is 2. The van der Waals surface area contributed by atoms with Crippen LogP contribution in [0.1, 0.15) is 44.0 Å². The van der Waals surface area contributed by atoms with Gasteiger partial charge < -0.3 is 14.4 Å². The van der Waals surface area contributed by atoms with E-state index in [9.17, 15) is 18.0 Å². The number of amides is 1. The van der Waals surface area contributed by atoms with Crippen LogP contribution in [0.5, 0.6) is 0 Å². The number of benzene rings is 1. The molecule has 0 bridgehead atoms. The number of likely N-dealkylation sites (tertiary alicyclic amines) is 1. The standard InChI is InChI=1S/C20H28N2O6S/c1-14-12-22(13-15(2)27-14)29(25,26)18-8-6-7-17(11-18)20(24)28-16(3)19(23)21-9-4-5-10-21/h6-8,11,14-16H,4-5,9-10,12-13H2,1-3H3/t14-,15-,16+/m1/s1. The minimum absolute atomic E-state index is 0.0202. The third-order valence-corrected chi connectivity index (χ3v) is 6.97. The number of hydrogen-bond donors (Lipinski definition) is 0. The summed E-state index contributed by atoms with van der Waals surface area (Å²) in [7, 11) is -3.77. The number of nitrogens with zero attached hydrogens (tertiary/aromatic N) is 2. The number of sulfonamides is 1. The molecule has 0 spiro atoms. The highest BCUT2D eigenvalue weighted by atomic mass is 32.2. The predicted molar refractivity (Wildman–Crippen MR) is 106 cm³/mol. The van der Waals surface area contributed by atoms with E-state index in [0.717, 1.165) is 12.8 Å². The van der Waals surface area contributed by atoms with Gasteiger partial charge in [-0.25, -0.2) is 13.2 Å². The average Bonchev–Trinajstić information content (AvgIpc) is 3.21. The van der Waals surface area contributed by atoms with Crippen molar-refractivity contribution in [3.8, 4) is 0 Å². The zero-order chi connectivity index (χ0) is 21.2. The lowest BCUT2D eigenvalue weighted by atomic mass is 10.2. The molecule has 1 amide bonds. The van der Waals surface area contributed by atoms with E-state index in [2.05, 4.69) is 0 Å². The van der Waals surface area contributed by atoms with Crippen molar-refractivity contribution in [2.75, 3.05) is 26.2 Å². The van der Waals surface area contributed by atoms with Gasteiger partial charge in [-0.3, -0.25) is 4.79 Å². The molecule has 1 aromatic rings. The average molecular weight is 425 g/mol. The van der Waals surface area contributed by atoms with Gasteiger partial charge in [0, 0.05) is 26.2 Å². The Kier molecular flexibility index (Phi) is 6.60. The summed E-state index contributed by atoms with van der Waals surface area (Å²) in [6.07, 6.45) is 0.566. The van der Waals surface area contributed by atoms with Crippen LogP contribution >= 0.6 is 0 Å². The molecule has 1 aromatic carbocycles. The maximum atomic E-state index is 13.0. The summed E-state index contributed by atoms with van der Waals surface area (Å²) in [5.74, 6) is -0.943. The highest BCUT2D eigenvalue weighted by Crippen LogP contribution is 2.22. The maximum Gasteiger partial charge on any atom is 0.338 e. The first kappa shape index (κ1) is 21.7. The topological polar surface area (TPSA) is 93.2 Å². The van der Waals surface area contributed by atoms with E-state index in [1.54, 1.807) is 4.90 Å². The van der Waals surface area contributed by atoms with Gasteiger partial charge >= 0.3 is 5.97 Å². The van der Waals surface area contributed by atoms with Gasteiger partial charge in [-0.05, 0) is 51.8 Å². The van der Waals surface area contributed by atoms with Crippen LogP contribution in [0.4, 0.5) is 0 Å². The molecule has 2 aliphatic rings. The number of morpholine rings is 1. The summed E-state index contributed by atoms with van der Waals surface area (Å²) in [5.41, 5.74) is 0.0986. The van der Waals surface area contributed by atoms with Gasteiger partial charge in [0.15, 0.2) is 6.10 Å². The highest BCUT2D eigenvalue weighted by Gasteiger charge is 2.33. The third kappa shape index (κ3) is 4.96. The van der Waals surface area contributed by atoms with Crippen molar-refractivity contribution in [2.24, 2.45) is 0 Å². The molecule has 29 heavy (non-hydrogen) atoms. The van der Waals surface area contributed by atoms with Gasteiger partial charge in [0.05, 0.1) is 22.7 Å². The van der Waals surface area contributed by atoms with E-state index < -0.39 is 22.1 Å². The van der Waals surface area contributed by atoms with Crippen molar-refractivity contribution in [2.45, 2.75) is 56.8 Å². The molecule has 9 heteroatoms. The van der Waals surface area contributed by atoms with Gasteiger partial charge in [-0.1, -0.05) is 6.07 Å². The molecule has 3 rings (SSSR count). The summed E-state index contributed by atoms with van der Waals surface area (Å²) < 4.78 is 38.3. The minimum atomic E-state index is -3.77. The molecular formula is C20H28N2O6S. The second-order valence-electron chi connectivity index (χ2n) is 7.69. The van der Waals surface area contributed by atoms with Crippen LogP contribution in [0.25, 0.3) is 0 Å². The number of esters is 1. The fraction of sp³-hybridized carbons (Fsp3) is 0.600. The molecule has 2 aliphatic heterocycles. The maximum absolute atomic E-state index is 13.0. The number of rotatable bonds is 5. The Morgan fingerprint density at radius 2 is 1.76 bits per heavy atom.